The van der Waals surface area contributed by atoms with Gasteiger partial charge in [0.05, 0.1) is 23.2 Å². The summed E-state index contributed by atoms with van der Waals surface area (Å²) in [5.41, 5.74) is 0.807. The number of carbonyl (C=O) groups is 2. The van der Waals surface area contributed by atoms with Crippen molar-refractivity contribution >= 4 is 29.1 Å². The Bertz CT molecular complexity index is 707. The molecule has 0 aliphatic rings. The van der Waals surface area contributed by atoms with Gasteiger partial charge in [-0.3, -0.25) is 9.59 Å². The average molecular weight is 335 g/mol. The van der Waals surface area contributed by atoms with E-state index in [1.807, 2.05) is 30.3 Å². The Morgan fingerprint density at radius 3 is 2.48 bits per heavy atom. The van der Waals surface area contributed by atoms with E-state index < -0.39 is 17.8 Å². The summed E-state index contributed by atoms with van der Waals surface area (Å²) in [5.74, 6) is -1.35. The predicted octanol–water partition coefficient (Wildman–Crippen LogP) is 3.69. The van der Waals surface area contributed by atoms with Crippen LogP contribution in [-0.2, 0) is 9.59 Å². The summed E-state index contributed by atoms with van der Waals surface area (Å²) in [4.78, 5) is 23.5. The second-order valence-electron chi connectivity index (χ2n) is 5.02. The maximum atomic E-state index is 13.8. The molecule has 23 heavy (non-hydrogen) atoms. The molecule has 0 aliphatic heterocycles. The van der Waals surface area contributed by atoms with Crippen LogP contribution in [0.1, 0.15) is 24.9 Å². The Labute approximate surface area is 138 Å². The fourth-order valence-electron chi connectivity index (χ4n) is 2.17. The summed E-state index contributed by atoms with van der Waals surface area (Å²) in [6.07, 6.45) is -0.0183. The number of amides is 2. The third kappa shape index (κ3) is 4.79. The van der Waals surface area contributed by atoms with Gasteiger partial charge < -0.3 is 10.6 Å². The fraction of sp³-hybridized carbons (Fsp3) is 0.176. The molecule has 2 rings (SSSR count). The van der Waals surface area contributed by atoms with Crippen LogP contribution in [0.4, 0.5) is 10.1 Å². The summed E-state index contributed by atoms with van der Waals surface area (Å²) in [7, 11) is 0. The zero-order valence-corrected chi connectivity index (χ0v) is 13.2. The molecule has 1 unspecified atom stereocenters. The molecule has 0 radical (unpaired) electrons. The Hall–Kier alpha value is -2.40. The van der Waals surface area contributed by atoms with E-state index in [1.165, 1.54) is 19.1 Å². The van der Waals surface area contributed by atoms with E-state index in [4.69, 9.17) is 11.6 Å². The number of hydrogen-bond donors (Lipinski definition) is 2. The quantitative estimate of drug-likeness (QED) is 0.876. The van der Waals surface area contributed by atoms with Crippen molar-refractivity contribution in [2.24, 2.45) is 0 Å². The Morgan fingerprint density at radius 2 is 1.83 bits per heavy atom. The highest BCUT2D eigenvalue weighted by atomic mass is 35.5. The molecule has 0 aliphatic carbocycles. The highest BCUT2D eigenvalue weighted by molar-refractivity contribution is 6.31. The van der Waals surface area contributed by atoms with E-state index in [2.05, 4.69) is 10.6 Å². The minimum Gasteiger partial charge on any atom is -0.349 e. The van der Waals surface area contributed by atoms with Crippen LogP contribution in [0.15, 0.2) is 48.5 Å². The molecule has 0 aromatic heterocycles. The predicted molar refractivity (Wildman–Crippen MR) is 87.7 cm³/mol. The van der Waals surface area contributed by atoms with Gasteiger partial charge in [-0.15, -0.1) is 0 Å². The third-order valence-corrected chi connectivity index (χ3v) is 3.49. The molecular formula is C17H16ClFN2O2. The van der Waals surface area contributed by atoms with Crippen LogP contribution in [0.2, 0.25) is 5.02 Å². The van der Waals surface area contributed by atoms with Gasteiger partial charge in [0, 0.05) is 6.92 Å². The molecule has 0 heterocycles. The SMILES string of the molecule is CC(=O)NC(CC(=O)Nc1cccc(Cl)c1F)c1ccccc1. The molecule has 4 nitrogen and oxygen atoms in total. The van der Waals surface area contributed by atoms with E-state index in [9.17, 15) is 14.0 Å². The normalized spacial score (nSPS) is 11.6. The molecule has 2 amide bonds. The first-order valence-electron chi connectivity index (χ1n) is 7.03. The van der Waals surface area contributed by atoms with Gasteiger partial charge in [0.15, 0.2) is 5.82 Å². The summed E-state index contributed by atoms with van der Waals surface area (Å²) in [6, 6.07) is 13.0. The lowest BCUT2D eigenvalue weighted by Crippen LogP contribution is -2.29. The molecule has 1 atom stereocenters. The lowest BCUT2D eigenvalue weighted by atomic mass is 10.0. The number of nitrogens with one attached hydrogen (secondary N) is 2. The molecular weight excluding hydrogens is 319 g/mol. The van der Waals surface area contributed by atoms with Gasteiger partial charge in [-0.1, -0.05) is 48.0 Å². The second kappa shape index (κ2) is 7.74. The van der Waals surface area contributed by atoms with Gasteiger partial charge in [0.2, 0.25) is 11.8 Å². The monoisotopic (exact) mass is 334 g/mol. The summed E-state index contributed by atoms with van der Waals surface area (Å²) >= 11 is 5.68. The van der Waals surface area contributed by atoms with Crippen LogP contribution in [0.25, 0.3) is 0 Å². The summed E-state index contributed by atoms with van der Waals surface area (Å²) in [6.45, 7) is 1.38. The zero-order chi connectivity index (χ0) is 16.8. The molecule has 2 aromatic carbocycles. The van der Waals surface area contributed by atoms with Crippen LogP contribution < -0.4 is 10.6 Å². The molecule has 0 saturated heterocycles. The lowest BCUT2D eigenvalue weighted by molar-refractivity contribution is -0.120. The molecule has 2 aromatic rings. The van der Waals surface area contributed by atoms with Crippen molar-refractivity contribution in [3.8, 4) is 0 Å². The van der Waals surface area contributed by atoms with E-state index in [0.29, 0.717) is 0 Å². The number of rotatable bonds is 5. The Kier molecular flexibility index (Phi) is 5.71. The fourth-order valence-corrected chi connectivity index (χ4v) is 2.34. The summed E-state index contributed by atoms with van der Waals surface area (Å²) in [5, 5.41) is 5.13. The minimum atomic E-state index is -0.682. The largest absolute Gasteiger partial charge is 0.349 e. The molecule has 6 heteroatoms. The van der Waals surface area contributed by atoms with Gasteiger partial charge in [0.1, 0.15) is 0 Å². The van der Waals surface area contributed by atoms with Crippen LogP contribution in [0.5, 0.6) is 0 Å². The first-order chi connectivity index (χ1) is 11.0. The van der Waals surface area contributed by atoms with Crippen LogP contribution in [-0.4, -0.2) is 11.8 Å². The van der Waals surface area contributed by atoms with Crippen molar-refractivity contribution in [2.75, 3.05) is 5.32 Å². The minimum absolute atomic E-state index is 0.0112. The van der Waals surface area contributed by atoms with Crippen molar-refractivity contribution in [3.05, 3.63) is 64.9 Å². The molecule has 2 N–H and O–H groups in total. The van der Waals surface area contributed by atoms with E-state index in [-0.39, 0.29) is 23.0 Å². The number of halogens is 2. The topological polar surface area (TPSA) is 58.2 Å². The molecule has 0 spiro atoms. The smallest absolute Gasteiger partial charge is 0.226 e. The second-order valence-corrected chi connectivity index (χ2v) is 5.42. The van der Waals surface area contributed by atoms with Crippen molar-refractivity contribution < 1.29 is 14.0 Å². The summed E-state index contributed by atoms with van der Waals surface area (Å²) < 4.78 is 13.8. The van der Waals surface area contributed by atoms with Gasteiger partial charge in [-0.25, -0.2) is 4.39 Å². The Morgan fingerprint density at radius 1 is 1.13 bits per heavy atom. The van der Waals surface area contributed by atoms with Crippen LogP contribution in [0, 0.1) is 5.82 Å². The third-order valence-electron chi connectivity index (χ3n) is 3.19. The van der Waals surface area contributed by atoms with Crippen LogP contribution >= 0.6 is 11.6 Å². The average Bonchev–Trinajstić information content (AvgIpc) is 2.51. The maximum absolute atomic E-state index is 13.8. The number of hydrogen-bond acceptors (Lipinski definition) is 2. The van der Waals surface area contributed by atoms with Gasteiger partial charge >= 0.3 is 0 Å². The molecule has 0 fully saturated rings. The standard InChI is InChI=1S/C17H16ClFN2O2/c1-11(22)20-15(12-6-3-2-4-7-12)10-16(23)21-14-9-5-8-13(18)17(14)19/h2-9,15H,10H2,1H3,(H,20,22)(H,21,23). The van der Waals surface area contributed by atoms with Crippen molar-refractivity contribution in [3.63, 3.8) is 0 Å². The van der Waals surface area contributed by atoms with Gasteiger partial charge in [-0.2, -0.15) is 0 Å². The molecule has 0 bridgehead atoms. The first-order valence-corrected chi connectivity index (χ1v) is 7.41. The highest BCUT2D eigenvalue weighted by Crippen LogP contribution is 2.23. The van der Waals surface area contributed by atoms with E-state index in [0.717, 1.165) is 5.56 Å². The maximum Gasteiger partial charge on any atom is 0.226 e. The number of anilines is 1. The van der Waals surface area contributed by atoms with Gasteiger partial charge in [-0.05, 0) is 17.7 Å². The number of carbonyl (C=O) groups excluding carboxylic acids is 2. The molecule has 120 valence electrons. The van der Waals surface area contributed by atoms with E-state index >= 15 is 0 Å². The van der Waals surface area contributed by atoms with Crippen molar-refractivity contribution in [1.29, 1.82) is 0 Å². The highest BCUT2D eigenvalue weighted by Gasteiger charge is 2.18. The van der Waals surface area contributed by atoms with Crippen molar-refractivity contribution in [1.82, 2.24) is 5.32 Å². The van der Waals surface area contributed by atoms with Gasteiger partial charge in [0.25, 0.3) is 0 Å². The Balaban J connectivity index is 2.11. The molecule has 0 saturated carbocycles. The zero-order valence-electron chi connectivity index (χ0n) is 12.5. The number of benzene rings is 2. The van der Waals surface area contributed by atoms with E-state index in [1.54, 1.807) is 6.07 Å². The lowest BCUT2D eigenvalue weighted by Gasteiger charge is -2.18. The van der Waals surface area contributed by atoms with Crippen LogP contribution in [0.3, 0.4) is 0 Å². The van der Waals surface area contributed by atoms with Crippen molar-refractivity contribution in [2.45, 2.75) is 19.4 Å². The first kappa shape index (κ1) is 17.0.